The second-order valence-corrected chi connectivity index (χ2v) is 5.22. The van der Waals surface area contributed by atoms with Crippen molar-refractivity contribution in [3.8, 4) is 5.75 Å². The van der Waals surface area contributed by atoms with Gasteiger partial charge in [-0.05, 0) is 38.3 Å². The van der Waals surface area contributed by atoms with E-state index in [-0.39, 0.29) is 0 Å². The van der Waals surface area contributed by atoms with Gasteiger partial charge in [-0.2, -0.15) is 5.10 Å². The lowest BCUT2D eigenvalue weighted by Crippen LogP contribution is -2.17. The summed E-state index contributed by atoms with van der Waals surface area (Å²) in [6, 6.07) is 8.52. The van der Waals surface area contributed by atoms with E-state index in [1.165, 1.54) is 17.7 Å². The molecule has 1 aliphatic rings. The smallest absolute Gasteiger partial charge is 0.121 e. The Morgan fingerprint density at radius 2 is 2.35 bits per heavy atom. The van der Waals surface area contributed by atoms with Crippen LogP contribution >= 0.6 is 0 Å². The summed E-state index contributed by atoms with van der Waals surface area (Å²) < 4.78 is 7.55. The number of hydrogen-bond acceptors (Lipinski definition) is 3. The van der Waals surface area contributed by atoms with E-state index >= 15 is 0 Å². The quantitative estimate of drug-likeness (QED) is 0.927. The molecule has 0 amide bonds. The van der Waals surface area contributed by atoms with Crippen molar-refractivity contribution >= 4 is 5.69 Å². The predicted molar refractivity (Wildman–Crippen MR) is 80.1 cm³/mol. The topological polar surface area (TPSA) is 39.1 Å². The van der Waals surface area contributed by atoms with Crippen molar-refractivity contribution in [1.82, 2.24) is 9.78 Å². The number of fused-ring (bicyclic) bond motifs is 1. The van der Waals surface area contributed by atoms with Crippen LogP contribution in [-0.2, 0) is 13.5 Å². The highest BCUT2D eigenvalue weighted by Crippen LogP contribution is 2.32. The summed E-state index contributed by atoms with van der Waals surface area (Å²) in [6.45, 7) is 2.70. The number of hydrogen-bond donors (Lipinski definition) is 1. The van der Waals surface area contributed by atoms with Gasteiger partial charge in [0.1, 0.15) is 5.75 Å². The second-order valence-electron chi connectivity index (χ2n) is 5.22. The molecule has 1 aromatic carbocycles. The van der Waals surface area contributed by atoms with Gasteiger partial charge in [0.25, 0.3) is 0 Å². The maximum atomic E-state index is 5.55. The van der Waals surface area contributed by atoms with Crippen molar-refractivity contribution in [3.63, 3.8) is 0 Å². The van der Waals surface area contributed by atoms with Crippen LogP contribution in [0.1, 0.15) is 37.1 Å². The Labute approximate surface area is 119 Å². The molecule has 0 aliphatic heterocycles. The fourth-order valence-electron chi connectivity index (χ4n) is 2.90. The van der Waals surface area contributed by atoms with E-state index in [0.29, 0.717) is 12.6 Å². The van der Waals surface area contributed by atoms with E-state index in [4.69, 9.17) is 4.74 Å². The largest absolute Gasteiger partial charge is 0.494 e. The van der Waals surface area contributed by atoms with Crippen LogP contribution in [0.3, 0.4) is 0 Å². The van der Waals surface area contributed by atoms with Crippen LogP contribution in [-0.4, -0.2) is 16.4 Å². The van der Waals surface area contributed by atoms with Crippen molar-refractivity contribution in [3.05, 3.63) is 41.7 Å². The molecule has 1 N–H and O–H groups in total. The summed E-state index contributed by atoms with van der Waals surface area (Å²) in [5.41, 5.74) is 3.80. The van der Waals surface area contributed by atoms with Crippen molar-refractivity contribution in [1.29, 1.82) is 0 Å². The fourth-order valence-corrected chi connectivity index (χ4v) is 2.90. The van der Waals surface area contributed by atoms with Crippen molar-refractivity contribution in [2.45, 2.75) is 32.2 Å². The summed E-state index contributed by atoms with van der Waals surface area (Å²) >= 11 is 0. The van der Waals surface area contributed by atoms with E-state index in [1.807, 2.05) is 37.0 Å². The molecule has 3 rings (SSSR count). The first-order chi connectivity index (χ1) is 9.78. The van der Waals surface area contributed by atoms with Crippen LogP contribution in [0.15, 0.2) is 30.5 Å². The Balaban J connectivity index is 1.80. The van der Waals surface area contributed by atoms with Gasteiger partial charge in [-0.25, -0.2) is 0 Å². The van der Waals surface area contributed by atoms with E-state index in [2.05, 4.69) is 22.5 Å². The molecule has 1 aliphatic carbocycles. The molecule has 4 heteroatoms. The molecule has 4 nitrogen and oxygen atoms in total. The summed E-state index contributed by atoms with van der Waals surface area (Å²) in [7, 11) is 2.02. The molecule has 1 heterocycles. The lowest BCUT2D eigenvalue weighted by Gasteiger charge is -2.25. The van der Waals surface area contributed by atoms with Gasteiger partial charge in [-0.1, -0.05) is 6.07 Å². The molecule has 1 atom stereocenters. The Morgan fingerprint density at radius 1 is 1.45 bits per heavy atom. The molecule has 2 aromatic rings. The van der Waals surface area contributed by atoms with Gasteiger partial charge in [0.15, 0.2) is 0 Å². The molecule has 0 saturated heterocycles. The number of aryl methyl sites for hydroxylation is 1. The summed E-state index contributed by atoms with van der Waals surface area (Å²) in [5, 5.41) is 8.00. The number of anilines is 1. The Bertz CT molecular complexity index is 591. The maximum absolute atomic E-state index is 5.55. The van der Waals surface area contributed by atoms with Gasteiger partial charge >= 0.3 is 0 Å². The second kappa shape index (κ2) is 5.57. The van der Waals surface area contributed by atoms with Crippen LogP contribution in [0.4, 0.5) is 5.69 Å². The normalized spacial score (nSPS) is 17.6. The van der Waals surface area contributed by atoms with E-state index in [0.717, 1.165) is 24.3 Å². The molecule has 0 radical (unpaired) electrons. The minimum absolute atomic E-state index is 0.351. The van der Waals surface area contributed by atoms with Gasteiger partial charge in [0, 0.05) is 30.1 Å². The fraction of sp³-hybridized carbons (Fsp3) is 0.438. The molecule has 0 unspecified atom stereocenters. The zero-order chi connectivity index (χ0) is 13.9. The molecule has 0 bridgehead atoms. The van der Waals surface area contributed by atoms with Crippen molar-refractivity contribution in [2.75, 3.05) is 11.9 Å². The molecule has 0 spiro atoms. The summed E-state index contributed by atoms with van der Waals surface area (Å²) in [4.78, 5) is 0. The monoisotopic (exact) mass is 271 g/mol. The van der Waals surface area contributed by atoms with E-state index in [9.17, 15) is 0 Å². The number of nitrogens with one attached hydrogen (secondary N) is 1. The van der Waals surface area contributed by atoms with Crippen LogP contribution in [0.2, 0.25) is 0 Å². The first-order valence-electron chi connectivity index (χ1n) is 7.28. The number of nitrogens with zero attached hydrogens (tertiary/aromatic N) is 2. The Hall–Kier alpha value is -1.97. The Kier molecular flexibility index (Phi) is 3.63. The van der Waals surface area contributed by atoms with E-state index in [1.54, 1.807) is 0 Å². The molecule has 20 heavy (non-hydrogen) atoms. The SMILES string of the molecule is CCOc1cccc(N[C@H]2CCCc3c2cnn3C)c1. The third-order valence-corrected chi connectivity index (χ3v) is 3.86. The first kappa shape index (κ1) is 13.0. The van der Waals surface area contributed by atoms with Crippen molar-refractivity contribution in [2.24, 2.45) is 7.05 Å². The lowest BCUT2D eigenvalue weighted by atomic mass is 9.93. The first-order valence-corrected chi connectivity index (χ1v) is 7.28. The Morgan fingerprint density at radius 3 is 3.20 bits per heavy atom. The van der Waals surface area contributed by atoms with Crippen molar-refractivity contribution < 1.29 is 4.74 Å². The zero-order valence-electron chi connectivity index (χ0n) is 12.1. The third-order valence-electron chi connectivity index (χ3n) is 3.86. The number of rotatable bonds is 4. The van der Waals surface area contributed by atoms with Crippen LogP contribution < -0.4 is 10.1 Å². The zero-order valence-corrected chi connectivity index (χ0v) is 12.1. The number of ether oxygens (including phenoxy) is 1. The molecule has 1 aromatic heterocycles. The van der Waals surface area contributed by atoms with Gasteiger partial charge in [0.2, 0.25) is 0 Å². The summed E-state index contributed by atoms with van der Waals surface area (Å²) in [5.74, 6) is 0.916. The highest BCUT2D eigenvalue weighted by atomic mass is 16.5. The highest BCUT2D eigenvalue weighted by Gasteiger charge is 2.23. The average molecular weight is 271 g/mol. The standard InChI is InChI=1S/C16H21N3O/c1-3-20-13-7-4-6-12(10-13)18-15-8-5-9-16-14(15)11-17-19(16)2/h4,6-7,10-11,15,18H,3,5,8-9H2,1-2H3/t15-/m0/s1. The average Bonchev–Trinajstić information content (AvgIpc) is 2.83. The van der Waals surface area contributed by atoms with E-state index < -0.39 is 0 Å². The van der Waals surface area contributed by atoms with Crippen LogP contribution in [0.5, 0.6) is 5.75 Å². The van der Waals surface area contributed by atoms with Gasteiger partial charge in [0.05, 0.1) is 18.8 Å². The van der Waals surface area contributed by atoms with Gasteiger partial charge < -0.3 is 10.1 Å². The predicted octanol–water partition coefficient (Wildman–Crippen LogP) is 3.31. The molecule has 106 valence electrons. The molecular weight excluding hydrogens is 250 g/mol. The minimum atomic E-state index is 0.351. The minimum Gasteiger partial charge on any atom is -0.494 e. The number of aromatic nitrogens is 2. The summed E-state index contributed by atoms with van der Waals surface area (Å²) in [6.07, 6.45) is 5.48. The molecular formula is C16H21N3O. The van der Waals surface area contributed by atoms with Gasteiger partial charge in [-0.3, -0.25) is 4.68 Å². The number of benzene rings is 1. The van der Waals surface area contributed by atoms with Gasteiger partial charge in [-0.15, -0.1) is 0 Å². The lowest BCUT2D eigenvalue weighted by molar-refractivity contribution is 0.340. The maximum Gasteiger partial charge on any atom is 0.121 e. The highest BCUT2D eigenvalue weighted by molar-refractivity contribution is 5.50. The molecule has 0 fully saturated rings. The van der Waals surface area contributed by atoms with Crippen LogP contribution in [0, 0.1) is 0 Å². The molecule has 0 saturated carbocycles. The third kappa shape index (κ3) is 2.50. The van der Waals surface area contributed by atoms with Crippen LogP contribution in [0.25, 0.3) is 0 Å².